The molecule has 4 heteroatoms. The lowest BCUT2D eigenvalue weighted by Gasteiger charge is -2.34. The molecule has 0 spiro atoms. The number of nitrogens with zero attached hydrogens (tertiary/aromatic N) is 1. The number of benzene rings is 1. The molecule has 3 nitrogen and oxygen atoms in total. The van der Waals surface area contributed by atoms with Crippen molar-refractivity contribution in [2.45, 2.75) is 19.4 Å². The topological polar surface area (TPSA) is 35.5 Å². The van der Waals surface area contributed by atoms with Crippen LogP contribution in [0, 0.1) is 0 Å². The standard InChI is InChI=1S/C14H21FN2O/c1-2-11-4-3-5-12(14(11)18)13(10-15)17-8-6-16-7-9-17/h3-5,13,16,18H,2,6-10H2,1H3/t13-/m0/s1. The average Bonchev–Trinajstić information content (AvgIpc) is 2.43. The number of hydrogen-bond donors (Lipinski definition) is 2. The summed E-state index contributed by atoms with van der Waals surface area (Å²) in [6.07, 6.45) is 0.764. The van der Waals surface area contributed by atoms with Gasteiger partial charge in [-0.25, -0.2) is 4.39 Å². The van der Waals surface area contributed by atoms with Gasteiger partial charge in [-0.1, -0.05) is 25.1 Å². The molecule has 0 saturated carbocycles. The molecule has 0 aliphatic carbocycles. The minimum Gasteiger partial charge on any atom is -0.507 e. The molecular weight excluding hydrogens is 231 g/mol. The third kappa shape index (κ3) is 2.65. The van der Waals surface area contributed by atoms with Gasteiger partial charge >= 0.3 is 0 Å². The largest absolute Gasteiger partial charge is 0.507 e. The van der Waals surface area contributed by atoms with Crippen molar-refractivity contribution in [2.75, 3.05) is 32.9 Å². The number of aromatic hydroxyl groups is 1. The van der Waals surface area contributed by atoms with Gasteiger partial charge in [0.25, 0.3) is 0 Å². The Kier molecular flexibility index (Phi) is 4.55. The number of aryl methyl sites for hydroxylation is 1. The first-order chi connectivity index (χ1) is 8.77. The maximum atomic E-state index is 13.4. The zero-order valence-corrected chi connectivity index (χ0v) is 10.8. The first-order valence-electron chi connectivity index (χ1n) is 6.59. The number of phenolic OH excluding ortho intramolecular Hbond substituents is 1. The van der Waals surface area contributed by atoms with Crippen LogP contribution in [-0.2, 0) is 6.42 Å². The summed E-state index contributed by atoms with van der Waals surface area (Å²) < 4.78 is 13.4. The molecule has 0 unspecified atom stereocenters. The van der Waals surface area contributed by atoms with E-state index in [0.717, 1.165) is 43.7 Å². The normalized spacial score (nSPS) is 18.8. The fraction of sp³-hybridized carbons (Fsp3) is 0.571. The second-order valence-electron chi connectivity index (χ2n) is 4.66. The Balaban J connectivity index is 2.26. The zero-order valence-electron chi connectivity index (χ0n) is 10.8. The molecule has 1 atom stereocenters. The van der Waals surface area contributed by atoms with E-state index >= 15 is 0 Å². The lowest BCUT2D eigenvalue weighted by Crippen LogP contribution is -2.45. The summed E-state index contributed by atoms with van der Waals surface area (Å²) in [5, 5.41) is 13.5. The summed E-state index contributed by atoms with van der Waals surface area (Å²) in [4.78, 5) is 2.10. The highest BCUT2D eigenvalue weighted by molar-refractivity contribution is 5.42. The van der Waals surface area contributed by atoms with E-state index in [2.05, 4.69) is 10.2 Å². The van der Waals surface area contributed by atoms with Crippen LogP contribution in [0.15, 0.2) is 18.2 Å². The van der Waals surface area contributed by atoms with Gasteiger partial charge in [0.1, 0.15) is 12.4 Å². The number of halogens is 1. The Morgan fingerprint density at radius 2 is 2.11 bits per heavy atom. The van der Waals surface area contributed by atoms with E-state index in [9.17, 15) is 9.50 Å². The van der Waals surface area contributed by atoms with E-state index in [1.807, 2.05) is 25.1 Å². The van der Waals surface area contributed by atoms with Crippen molar-refractivity contribution < 1.29 is 9.50 Å². The molecular formula is C14H21FN2O. The van der Waals surface area contributed by atoms with Gasteiger partial charge in [0, 0.05) is 31.7 Å². The number of piperazine rings is 1. The van der Waals surface area contributed by atoms with Crippen molar-refractivity contribution in [3.63, 3.8) is 0 Å². The van der Waals surface area contributed by atoms with Gasteiger partial charge in [0.05, 0.1) is 6.04 Å². The SMILES string of the molecule is CCc1cccc([C@H](CF)N2CCNCC2)c1O. The monoisotopic (exact) mass is 252 g/mol. The van der Waals surface area contributed by atoms with Crippen molar-refractivity contribution >= 4 is 0 Å². The molecule has 1 aliphatic heterocycles. The van der Waals surface area contributed by atoms with Crippen molar-refractivity contribution in [1.29, 1.82) is 0 Å². The molecule has 1 aromatic rings. The molecule has 0 radical (unpaired) electrons. The van der Waals surface area contributed by atoms with Crippen LogP contribution in [0.3, 0.4) is 0 Å². The predicted octanol–water partition coefficient (Wildman–Crippen LogP) is 1.87. The van der Waals surface area contributed by atoms with Crippen molar-refractivity contribution in [3.8, 4) is 5.75 Å². The van der Waals surface area contributed by atoms with E-state index in [0.29, 0.717) is 0 Å². The van der Waals surface area contributed by atoms with Gasteiger partial charge < -0.3 is 10.4 Å². The average molecular weight is 252 g/mol. The number of rotatable bonds is 4. The molecule has 1 saturated heterocycles. The molecule has 0 bridgehead atoms. The molecule has 2 rings (SSSR count). The number of para-hydroxylation sites is 1. The quantitative estimate of drug-likeness (QED) is 0.858. The number of hydrogen-bond acceptors (Lipinski definition) is 3. The van der Waals surface area contributed by atoms with Crippen LogP contribution in [0.4, 0.5) is 4.39 Å². The molecule has 18 heavy (non-hydrogen) atoms. The maximum absolute atomic E-state index is 13.4. The van der Waals surface area contributed by atoms with E-state index < -0.39 is 6.67 Å². The molecule has 1 fully saturated rings. The highest BCUT2D eigenvalue weighted by Crippen LogP contribution is 2.32. The fourth-order valence-corrected chi connectivity index (χ4v) is 2.54. The highest BCUT2D eigenvalue weighted by Gasteiger charge is 2.24. The first-order valence-corrected chi connectivity index (χ1v) is 6.59. The summed E-state index contributed by atoms with van der Waals surface area (Å²) >= 11 is 0. The maximum Gasteiger partial charge on any atom is 0.123 e. The van der Waals surface area contributed by atoms with Gasteiger partial charge in [-0.3, -0.25) is 4.90 Å². The molecule has 0 aromatic heterocycles. The minimum atomic E-state index is -0.458. The Labute approximate surface area is 108 Å². The van der Waals surface area contributed by atoms with Crippen LogP contribution in [0.5, 0.6) is 5.75 Å². The Bertz CT molecular complexity index is 391. The van der Waals surface area contributed by atoms with Gasteiger partial charge in [-0.05, 0) is 12.0 Å². The third-order valence-corrected chi connectivity index (χ3v) is 3.63. The Morgan fingerprint density at radius 3 is 2.72 bits per heavy atom. The second kappa shape index (κ2) is 6.16. The third-order valence-electron chi connectivity index (χ3n) is 3.63. The number of alkyl halides is 1. The molecule has 1 aliphatic rings. The Hall–Kier alpha value is -1.13. The number of phenols is 1. The van der Waals surface area contributed by atoms with E-state index in [4.69, 9.17) is 0 Å². The molecule has 1 aromatic carbocycles. The van der Waals surface area contributed by atoms with Crippen LogP contribution in [0.2, 0.25) is 0 Å². The smallest absolute Gasteiger partial charge is 0.123 e. The molecule has 2 N–H and O–H groups in total. The van der Waals surface area contributed by atoms with Gasteiger partial charge in [0.15, 0.2) is 0 Å². The van der Waals surface area contributed by atoms with Crippen LogP contribution in [-0.4, -0.2) is 42.9 Å². The summed E-state index contributed by atoms with van der Waals surface area (Å²) in [6, 6.07) is 5.31. The lowest BCUT2D eigenvalue weighted by molar-refractivity contribution is 0.145. The minimum absolute atomic E-state index is 0.265. The van der Waals surface area contributed by atoms with Crippen molar-refractivity contribution in [1.82, 2.24) is 10.2 Å². The van der Waals surface area contributed by atoms with Crippen LogP contribution in [0.1, 0.15) is 24.1 Å². The highest BCUT2D eigenvalue weighted by atomic mass is 19.1. The van der Waals surface area contributed by atoms with Crippen LogP contribution < -0.4 is 5.32 Å². The second-order valence-corrected chi connectivity index (χ2v) is 4.66. The molecule has 0 amide bonds. The van der Waals surface area contributed by atoms with E-state index in [1.54, 1.807) is 0 Å². The first kappa shape index (κ1) is 13.3. The van der Waals surface area contributed by atoms with Gasteiger partial charge in [-0.2, -0.15) is 0 Å². The van der Waals surface area contributed by atoms with Crippen LogP contribution >= 0.6 is 0 Å². The lowest BCUT2D eigenvalue weighted by atomic mass is 10.00. The zero-order chi connectivity index (χ0) is 13.0. The van der Waals surface area contributed by atoms with E-state index in [-0.39, 0.29) is 11.8 Å². The summed E-state index contributed by atoms with van der Waals surface area (Å²) in [5.41, 5.74) is 1.61. The van der Waals surface area contributed by atoms with E-state index in [1.165, 1.54) is 0 Å². The molecule has 100 valence electrons. The Morgan fingerprint density at radius 1 is 1.39 bits per heavy atom. The van der Waals surface area contributed by atoms with Crippen LogP contribution in [0.25, 0.3) is 0 Å². The summed E-state index contributed by atoms with van der Waals surface area (Å²) in [5.74, 6) is 0.265. The summed E-state index contributed by atoms with van der Waals surface area (Å²) in [7, 11) is 0. The van der Waals surface area contributed by atoms with Crippen molar-refractivity contribution in [3.05, 3.63) is 29.3 Å². The molecule has 1 heterocycles. The predicted molar refractivity (Wildman–Crippen MR) is 70.6 cm³/mol. The summed E-state index contributed by atoms with van der Waals surface area (Å²) in [6.45, 7) is 4.94. The fourth-order valence-electron chi connectivity index (χ4n) is 2.54. The van der Waals surface area contributed by atoms with Crippen molar-refractivity contribution in [2.24, 2.45) is 0 Å². The number of nitrogens with one attached hydrogen (secondary N) is 1. The van der Waals surface area contributed by atoms with Gasteiger partial charge in [-0.15, -0.1) is 0 Å². The van der Waals surface area contributed by atoms with Gasteiger partial charge in [0.2, 0.25) is 0 Å².